The summed E-state index contributed by atoms with van der Waals surface area (Å²) in [4.78, 5) is 10.6. The van der Waals surface area contributed by atoms with Gasteiger partial charge in [-0.05, 0) is 34.1 Å². The maximum Gasteiger partial charge on any atom is 0.335 e. The minimum Gasteiger partial charge on any atom is -0.478 e. The first-order valence-electron chi connectivity index (χ1n) is 3.55. The number of nitrogens with zero attached hydrogens (tertiary/aromatic N) is 1. The number of nitrogens with one attached hydrogen (secondary N) is 1. The Morgan fingerprint density at radius 3 is 3.00 bits per heavy atom. The van der Waals surface area contributed by atoms with Crippen molar-refractivity contribution in [2.24, 2.45) is 0 Å². The molecular formula is C8H5BrN2O2. The Morgan fingerprint density at radius 2 is 2.31 bits per heavy atom. The first-order valence-corrected chi connectivity index (χ1v) is 4.34. The minimum atomic E-state index is -0.937. The molecule has 1 aromatic heterocycles. The Labute approximate surface area is 81.7 Å². The van der Waals surface area contributed by atoms with E-state index in [0.717, 1.165) is 5.39 Å². The number of hydrogen-bond acceptors (Lipinski definition) is 2. The summed E-state index contributed by atoms with van der Waals surface area (Å²) in [6.07, 6.45) is 0. The van der Waals surface area contributed by atoms with Crippen molar-refractivity contribution in [3.63, 3.8) is 0 Å². The Bertz CT molecular complexity index is 478. The highest BCUT2D eigenvalue weighted by Crippen LogP contribution is 2.21. The highest BCUT2D eigenvalue weighted by molar-refractivity contribution is 9.10. The molecule has 0 amide bonds. The third-order valence-electron chi connectivity index (χ3n) is 1.76. The van der Waals surface area contributed by atoms with E-state index in [0.29, 0.717) is 10.1 Å². The number of fused-ring (bicyclic) bond motifs is 1. The van der Waals surface area contributed by atoms with Gasteiger partial charge in [-0.15, -0.1) is 0 Å². The number of carboxylic acid groups (broad SMARTS) is 1. The number of aromatic nitrogens is 2. The number of halogens is 1. The van der Waals surface area contributed by atoms with Crippen LogP contribution in [0.25, 0.3) is 10.9 Å². The Kier molecular flexibility index (Phi) is 1.81. The molecule has 0 saturated carbocycles. The summed E-state index contributed by atoms with van der Waals surface area (Å²) in [7, 11) is 0. The largest absolute Gasteiger partial charge is 0.478 e. The quantitative estimate of drug-likeness (QED) is 0.802. The summed E-state index contributed by atoms with van der Waals surface area (Å²) in [5.74, 6) is -0.937. The Hall–Kier alpha value is -1.36. The highest BCUT2D eigenvalue weighted by atomic mass is 79.9. The molecule has 66 valence electrons. The zero-order valence-corrected chi connectivity index (χ0v) is 8.00. The maximum absolute atomic E-state index is 10.6. The standard InChI is InChI=1S/C8H5BrN2O2/c9-7-5-2-1-4(8(12)13)3-6(5)10-11-7/h1-3H,(H,10,11)(H,12,13). The van der Waals surface area contributed by atoms with Crippen molar-refractivity contribution < 1.29 is 9.90 Å². The molecule has 0 saturated heterocycles. The van der Waals surface area contributed by atoms with Crippen molar-refractivity contribution in [1.82, 2.24) is 10.2 Å². The molecule has 2 aromatic rings. The maximum atomic E-state index is 10.6. The lowest BCUT2D eigenvalue weighted by Crippen LogP contribution is -1.94. The second-order valence-electron chi connectivity index (χ2n) is 2.58. The van der Waals surface area contributed by atoms with Crippen LogP contribution in [-0.4, -0.2) is 21.3 Å². The predicted octanol–water partition coefficient (Wildman–Crippen LogP) is 2.02. The van der Waals surface area contributed by atoms with Gasteiger partial charge in [-0.2, -0.15) is 5.10 Å². The summed E-state index contributed by atoms with van der Waals surface area (Å²) in [6, 6.07) is 4.81. The summed E-state index contributed by atoms with van der Waals surface area (Å²) in [5, 5.41) is 16.2. The predicted molar refractivity (Wildman–Crippen MR) is 50.8 cm³/mol. The number of aromatic carboxylic acids is 1. The van der Waals surface area contributed by atoms with E-state index in [4.69, 9.17) is 5.11 Å². The molecule has 0 aliphatic carbocycles. The Morgan fingerprint density at radius 1 is 1.54 bits per heavy atom. The lowest BCUT2D eigenvalue weighted by atomic mass is 10.2. The molecule has 2 N–H and O–H groups in total. The van der Waals surface area contributed by atoms with Crippen molar-refractivity contribution in [3.05, 3.63) is 28.4 Å². The number of H-pyrrole nitrogens is 1. The third-order valence-corrected chi connectivity index (χ3v) is 2.37. The van der Waals surface area contributed by atoms with Gasteiger partial charge in [-0.3, -0.25) is 5.10 Å². The van der Waals surface area contributed by atoms with Crippen LogP contribution in [0.15, 0.2) is 22.8 Å². The van der Waals surface area contributed by atoms with Crippen molar-refractivity contribution in [2.75, 3.05) is 0 Å². The van der Waals surface area contributed by atoms with Gasteiger partial charge in [-0.1, -0.05) is 0 Å². The van der Waals surface area contributed by atoms with Crippen LogP contribution in [0.1, 0.15) is 10.4 Å². The molecule has 2 rings (SSSR count). The highest BCUT2D eigenvalue weighted by Gasteiger charge is 2.06. The van der Waals surface area contributed by atoms with Crippen LogP contribution in [0, 0.1) is 0 Å². The lowest BCUT2D eigenvalue weighted by Gasteiger charge is -1.93. The molecule has 0 spiro atoms. The van der Waals surface area contributed by atoms with E-state index in [1.807, 2.05) is 0 Å². The smallest absolute Gasteiger partial charge is 0.335 e. The molecule has 0 atom stereocenters. The summed E-state index contributed by atoms with van der Waals surface area (Å²) >= 11 is 3.24. The molecule has 0 aliphatic rings. The van der Waals surface area contributed by atoms with Crippen LogP contribution in [0.3, 0.4) is 0 Å². The van der Waals surface area contributed by atoms with Gasteiger partial charge in [0.25, 0.3) is 0 Å². The topological polar surface area (TPSA) is 66.0 Å². The molecule has 1 aromatic carbocycles. The van der Waals surface area contributed by atoms with Crippen LogP contribution >= 0.6 is 15.9 Å². The number of carboxylic acids is 1. The molecule has 0 unspecified atom stereocenters. The van der Waals surface area contributed by atoms with Gasteiger partial charge in [0, 0.05) is 5.39 Å². The molecular weight excluding hydrogens is 236 g/mol. The van der Waals surface area contributed by atoms with Gasteiger partial charge in [0.2, 0.25) is 0 Å². The van der Waals surface area contributed by atoms with Crippen LogP contribution in [0.4, 0.5) is 0 Å². The van der Waals surface area contributed by atoms with Crippen LogP contribution in [-0.2, 0) is 0 Å². The molecule has 1 heterocycles. The van der Waals surface area contributed by atoms with Gasteiger partial charge in [-0.25, -0.2) is 4.79 Å². The molecule has 5 heteroatoms. The van der Waals surface area contributed by atoms with Crippen LogP contribution in [0.5, 0.6) is 0 Å². The van der Waals surface area contributed by atoms with Gasteiger partial charge in [0.05, 0.1) is 11.1 Å². The van der Waals surface area contributed by atoms with Gasteiger partial charge < -0.3 is 5.11 Å². The van der Waals surface area contributed by atoms with E-state index in [-0.39, 0.29) is 5.56 Å². The molecule has 0 bridgehead atoms. The van der Waals surface area contributed by atoms with Crippen molar-refractivity contribution in [3.8, 4) is 0 Å². The van der Waals surface area contributed by atoms with E-state index < -0.39 is 5.97 Å². The average molecular weight is 241 g/mol. The van der Waals surface area contributed by atoms with Crippen LogP contribution in [0.2, 0.25) is 0 Å². The van der Waals surface area contributed by atoms with E-state index in [1.165, 1.54) is 0 Å². The van der Waals surface area contributed by atoms with Crippen molar-refractivity contribution in [2.45, 2.75) is 0 Å². The summed E-state index contributed by atoms with van der Waals surface area (Å²) in [5.41, 5.74) is 0.968. The molecule has 13 heavy (non-hydrogen) atoms. The monoisotopic (exact) mass is 240 g/mol. The van der Waals surface area contributed by atoms with Crippen molar-refractivity contribution in [1.29, 1.82) is 0 Å². The molecule has 0 radical (unpaired) electrons. The fraction of sp³-hybridized carbons (Fsp3) is 0. The minimum absolute atomic E-state index is 0.253. The fourth-order valence-corrected chi connectivity index (χ4v) is 1.55. The van der Waals surface area contributed by atoms with Crippen LogP contribution < -0.4 is 0 Å². The van der Waals surface area contributed by atoms with E-state index in [1.54, 1.807) is 18.2 Å². The molecule has 0 fully saturated rings. The Balaban J connectivity index is 2.70. The number of aromatic amines is 1. The number of rotatable bonds is 1. The zero-order chi connectivity index (χ0) is 9.42. The fourth-order valence-electron chi connectivity index (χ4n) is 1.12. The van der Waals surface area contributed by atoms with E-state index >= 15 is 0 Å². The summed E-state index contributed by atoms with van der Waals surface area (Å²) in [6.45, 7) is 0. The van der Waals surface area contributed by atoms with Gasteiger partial charge >= 0.3 is 5.97 Å². The SMILES string of the molecule is O=C(O)c1ccc2c(Br)n[nH]c2c1. The van der Waals surface area contributed by atoms with Crippen molar-refractivity contribution >= 4 is 32.8 Å². The third kappa shape index (κ3) is 1.31. The second kappa shape index (κ2) is 2.85. The van der Waals surface area contributed by atoms with Gasteiger partial charge in [0.1, 0.15) is 4.60 Å². The lowest BCUT2D eigenvalue weighted by molar-refractivity contribution is 0.0697. The molecule has 4 nitrogen and oxygen atoms in total. The first-order chi connectivity index (χ1) is 6.18. The first kappa shape index (κ1) is 8.25. The number of benzene rings is 1. The van der Waals surface area contributed by atoms with Gasteiger partial charge in [0.15, 0.2) is 0 Å². The summed E-state index contributed by atoms with van der Waals surface area (Å²) < 4.78 is 0.694. The van der Waals surface area contributed by atoms with E-state index in [2.05, 4.69) is 26.1 Å². The second-order valence-corrected chi connectivity index (χ2v) is 3.33. The number of hydrogen-bond donors (Lipinski definition) is 2. The normalized spacial score (nSPS) is 10.5. The molecule has 0 aliphatic heterocycles. The zero-order valence-electron chi connectivity index (χ0n) is 6.41. The number of carbonyl (C=O) groups is 1. The average Bonchev–Trinajstić information content (AvgIpc) is 2.47. The van der Waals surface area contributed by atoms with E-state index in [9.17, 15) is 4.79 Å².